The fourth-order valence-corrected chi connectivity index (χ4v) is 2.31. The fourth-order valence-electron chi connectivity index (χ4n) is 2.31. The van der Waals surface area contributed by atoms with Gasteiger partial charge in [-0.05, 0) is 30.9 Å². The first-order chi connectivity index (χ1) is 9.21. The van der Waals surface area contributed by atoms with Gasteiger partial charge in [0.25, 0.3) is 0 Å². The molecule has 1 amide bonds. The molecule has 1 aromatic rings. The average molecular weight is 262 g/mol. The first-order valence-electron chi connectivity index (χ1n) is 6.90. The Morgan fingerprint density at radius 3 is 2.53 bits per heavy atom. The smallest absolute Gasteiger partial charge is 0.224 e. The molecular weight excluding hydrogens is 240 g/mol. The summed E-state index contributed by atoms with van der Waals surface area (Å²) in [6.07, 6.45) is 2.64. The van der Waals surface area contributed by atoms with Crippen LogP contribution in [0.4, 0.5) is 0 Å². The van der Waals surface area contributed by atoms with E-state index < -0.39 is 0 Å². The number of hydrogen-bond acceptors (Lipinski definition) is 3. The fraction of sp³-hybridized carbons (Fsp3) is 0.533. The van der Waals surface area contributed by atoms with Crippen LogP contribution in [0, 0.1) is 0 Å². The summed E-state index contributed by atoms with van der Waals surface area (Å²) in [5.41, 5.74) is 7.65. The molecule has 1 aliphatic rings. The molecule has 19 heavy (non-hydrogen) atoms. The van der Waals surface area contributed by atoms with Crippen molar-refractivity contribution in [2.24, 2.45) is 5.73 Å². The molecule has 1 fully saturated rings. The van der Waals surface area contributed by atoms with Crippen LogP contribution in [0.2, 0.25) is 0 Å². The summed E-state index contributed by atoms with van der Waals surface area (Å²) < 4.78 is 5.47. The van der Waals surface area contributed by atoms with Crippen molar-refractivity contribution in [2.45, 2.75) is 44.9 Å². The van der Waals surface area contributed by atoms with Crippen LogP contribution < -0.4 is 11.1 Å². The molecule has 0 saturated heterocycles. The van der Waals surface area contributed by atoms with Crippen LogP contribution in [0.1, 0.15) is 30.9 Å². The third-order valence-corrected chi connectivity index (χ3v) is 3.49. The van der Waals surface area contributed by atoms with Crippen LogP contribution in [0.5, 0.6) is 0 Å². The van der Waals surface area contributed by atoms with Crippen molar-refractivity contribution in [3.8, 4) is 0 Å². The zero-order valence-corrected chi connectivity index (χ0v) is 11.4. The van der Waals surface area contributed by atoms with E-state index in [1.807, 2.05) is 31.2 Å². The monoisotopic (exact) mass is 262 g/mol. The topological polar surface area (TPSA) is 64.3 Å². The first kappa shape index (κ1) is 14.0. The molecule has 0 aliphatic heterocycles. The van der Waals surface area contributed by atoms with Crippen LogP contribution in [0.15, 0.2) is 24.3 Å². The van der Waals surface area contributed by atoms with E-state index >= 15 is 0 Å². The summed E-state index contributed by atoms with van der Waals surface area (Å²) in [5.74, 6) is 0.0837. The molecule has 0 atom stereocenters. The lowest BCUT2D eigenvalue weighted by molar-refractivity contribution is -0.123. The molecule has 4 nitrogen and oxygen atoms in total. The average Bonchev–Trinajstić information content (AvgIpc) is 2.37. The van der Waals surface area contributed by atoms with Gasteiger partial charge in [-0.15, -0.1) is 0 Å². The van der Waals surface area contributed by atoms with E-state index in [0.717, 1.165) is 30.6 Å². The van der Waals surface area contributed by atoms with Crippen LogP contribution in [0.25, 0.3) is 0 Å². The zero-order valence-electron chi connectivity index (χ0n) is 11.4. The summed E-state index contributed by atoms with van der Waals surface area (Å²) in [5, 5.41) is 3.04. The molecule has 0 unspecified atom stereocenters. The number of hydrogen-bond donors (Lipinski definition) is 2. The Balaban J connectivity index is 1.72. The quantitative estimate of drug-likeness (QED) is 0.814. The van der Waals surface area contributed by atoms with E-state index in [1.165, 1.54) is 0 Å². The van der Waals surface area contributed by atoms with Gasteiger partial charge in [0.2, 0.25) is 5.91 Å². The second-order valence-corrected chi connectivity index (χ2v) is 5.01. The molecule has 1 aliphatic carbocycles. The lowest BCUT2D eigenvalue weighted by Gasteiger charge is -2.35. The number of nitrogens with one attached hydrogen (secondary N) is 1. The minimum Gasteiger partial charge on any atom is -0.378 e. The Morgan fingerprint density at radius 1 is 1.32 bits per heavy atom. The number of nitrogens with two attached hydrogens (primary N) is 1. The molecule has 0 radical (unpaired) electrons. The molecule has 0 heterocycles. The van der Waals surface area contributed by atoms with Crippen LogP contribution in [0.3, 0.4) is 0 Å². The van der Waals surface area contributed by atoms with Gasteiger partial charge < -0.3 is 15.8 Å². The lowest BCUT2D eigenvalue weighted by Crippen LogP contribution is -2.48. The Bertz CT molecular complexity index is 411. The maximum atomic E-state index is 11.9. The molecule has 4 heteroatoms. The number of ether oxygens (including phenoxy) is 1. The Hall–Kier alpha value is -1.39. The van der Waals surface area contributed by atoms with Gasteiger partial charge in [0.15, 0.2) is 0 Å². The van der Waals surface area contributed by atoms with E-state index in [2.05, 4.69) is 5.32 Å². The maximum absolute atomic E-state index is 11.9. The predicted molar refractivity (Wildman–Crippen MR) is 74.6 cm³/mol. The van der Waals surface area contributed by atoms with Crippen LogP contribution in [-0.2, 0) is 22.5 Å². The van der Waals surface area contributed by atoms with Crippen molar-refractivity contribution >= 4 is 5.91 Å². The molecule has 104 valence electrons. The molecule has 2 rings (SSSR count). The minimum absolute atomic E-state index is 0.0837. The van der Waals surface area contributed by atoms with E-state index in [9.17, 15) is 4.79 Å². The van der Waals surface area contributed by atoms with Crippen LogP contribution in [-0.4, -0.2) is 24.7 Å². The standard InChI is InChI=1S/C15H22N2O2/c1-2-19-14-8-13(9-14)17-15(18)7-11-3-5-12(10-16)6-4-11/h3-6,13-14H,2,7-10,16H2,1H3,(H,17,18). The zero-order chi connectivity index (χ0) is 13.7. The second-order valence-electron chi connectivity index (χ2n) is 5.01. The molecule has 0 aromatic heterocycles. The third kappa shape index (κ3) is 4.04. The van der Waals surface area contributed by atoms with Gasteiger partial charge in [-0.3, -0.25) is 4.79 Å². The summed E-state index contributed by atoms with van der Waals surface area (Å²) in [7, 11) is 0. The molecule has 1 aromatic carbocycles. The number of amides is 1. The maximum Gasteiger partial charge on any atom is 0.224 e. The summed E-state index contributed by atoms with van der Waals surface area (Å²) in [4.78, 5) is 11.9. The number of carbonyl (C=O) groups excluding carboxylic acids is 1. The van der Waals surface area contributed by atoms with Gasteiger partial charge in [-0.25, -0.2) is 0 Å². The molecule has 0 spiro atoms. The van der Waals surface area contributed by atoms with Crippen molar-refractivity contribution in [1.82, 2.24) is 5.32 Å². The Morgan fingerprint density at radius 2 is 1.95 bits per heavy atom. The number of carbonyl (C=O) groups is 1. The molecule has 0 bridgehead atoms. The summed E-state index contributed by atoms with van der Waals surface area (Å²) >= 11 is 0. The Kier molecular flexibility index (Phi) is 4.93. The third-order valence-electron chi connectivity index (χ3n) is 3.49. The highest BCUT2D eigenvalue weighted by molar-refractivity contribution is 5.79. The first-order valence-corrected chi connectivity index (χ1v) is 6.90. The van der Waals surface area contributed by atoms with Gasteiger partial charge in [-0.1, -0.05) is 24.3 Å². The van der Waals surface area contributed by atoms with Gasteiger partial charge in [-0.2, -0.15) is 0 Å². The van der Waals surface area contributed by atoms with Gasteiger partial charge >= 0.3 is 0 Å². The highest BCUT2D eigenvalue weighted by Crippen LogP contribution is 2.23. The minimum atomic E-state index is 0.0837. The van der Waals surface area contributed by atoms with Crippen molar-refractivity contribution in [2.75, 3.05) is 6.61 Å². The summed E-state index contributed by atoms with van der Waals surface area (Å²) in [6, 6.07) is 8.15. The van der Waals surface area contributed by atoms with Crippen molar-refractivity contribution < 1.29 is 9.53 Å². The number of rotatable bonds is 6. The van der Waals surface area contributed by atoms with E-state index in [0.29, 0.717) is 19.1 Å². The molecule has 3 N–H and O–H groups in total. The van der Waals surface area contributed by atoms with E-state index in [4.69, 9.17) is 10.5 Å². The highest BCUT2D eigenvalue weighted by atomic mass is 16.5. The predicted octanol–water partition coefficient (Wildman–Crippen LogP) is 1.37. The van der Waals surface area contributed by atoms with Crippen molar-refractivity contribution in [3.63, 3.8) is 0 Å². The molecular formula is C15H22N2O2. The van der Waals surface area contributed by atoms with Gasteiger partial charge in [0.05, 0.1) is 12.5 Å². The lowest BCUT2D eigenvalue weighted by atomic mass is 9.89. The molecule has 1 saturated carbocycles. The normalized spacial score (nSPS) is 21.8. The van der Waals surface area contributed by atoms with Gasteiger partial charge in [0, 0.05) is 19.2 Å². The van der Waals surface area contributed by atoms with Gasteiger partial charge in [0.1, 0.15) is 0 Å². The van der Waals surface area contributed by atoms with Crippen LogP contribution >= 0.6 is 0 Å². The SMILES string of the molecule is CCOC1CC(NC(=O)Cc2ccc(CN)cc2)C1. The second kappa shape index (κ2) is 6.68. The largest absolute Gasteiger partial charge is 0.378 e. The van der Waals surface area contributed by atoms with Crippen molar-refractivity contribution in [3.05, 3.63) is 35.4 Å². The Labute approximate surface area is 114 Å². The van der Waals surface area contributed by atoms with E-state index in [1.54, 1.807) is 0 Å². The van der Waals surface area contributed by atoms with E-state index in [-0.39, 0.29) is 11.9 Å². The number of benzene rings is 1. The summed E-state index contributed by atoms with van der Waals surface area (Å²) in [6.45, 7) is 3.28. The highest BCUT2D eigenvalue weighted by Gasteiger charge is 2.30. The van der Waals surface area contributed by atoms with Crippen molar-refractivity contribution in [1.29, 1.82) is 0 Å².